The lowest BCUT2D eigenvalue weighted by molar-refractivity contribution is -0.111. The Morgan fingerprint density at radius 2 is 1.97 bits per heavy atom. The summed E-state index contributed by atoms with van der Waals surface area (Å²) in [6, 6.07) is 9.50. The second kappa shape index (κ2) is 10.0. The Morgan fingerprint density at radius 3 is 2.64 bits per heavy atom. The highest BCUT2D eigenvalue weighted by Crippen LogP contribution is 2.25. The maximum Gasteiger partial charge on any atom is 0.419 e. The number of benzene rings is 2. The van der Waals surface area contributed by atoms with E-state index in [1.165, 1.54) is 43.0 Å². The number of ether oxygens (including phenoxy) is 1. The molecular formula is C22H26N4O6S. The summed E-state index contributed by atoms with van der Waals surface area (Å²) in [7, 11) is 2.77. The molecule has 2 N–H and O–H groups in total. The zero-order chi connectivity index (χ0) is 24.2. The largest absolute Gasteiger partial charge is 0.495 e. The van der Waals surface area contributed by atoms with Crippen LogP contribution in [0.25, 0.3) is 17.2 Å². The first kappa shape index (κ1) is 24.2. The van der Waals surface area contributed by atoms with Crippen molar-refractivity contribution in [3.05, 3.63) is 58.6 Å². The molecule has 0 spiro atoms. The molecule has 33 heavy (non-hydrogen) atoms. The summed E-state index contributed by atoms with van der Waals surface area (Å²) in [6.45, 7) is 1.10. The van der Waals surface area contributed by atoms with Crippen molar-refractivity contribution in [2.75, 3.05) is 40.1 Å². The molecule has 0 aliphatic rings. The SMILES string of the molecule is CNS(=O)(=O)c1cc(/C=C/C(=O)Nc2ccc3oc(=O)n(CCN(C)C)c3c2)ccc1OC. The molecular weight excluding hydrogens is 448 g/mol. The van der Waals surface area contributed by atoms with Crippen LogP contribution < -0.4 is 20.5 Å². The summed E-state index contributed by atoms with van der Waals surface area (Å²) >= 11 is 0. The van der Waals surface area contributed by atoms with E-state index in [1.54, 1.807) is 24.3 Å². The molecule has 1 amide bonds. The molecule has 10 nitrogen and oxygen atoms in total. The predicted molar refractivity (Wildman–Crippen MR) is 126 cm³/mol. The van der Waals surface area contributed by atoms with E-state index in [4.69, 9.17) is 9.15 Å². The normalized spacial score (nSPS) is 12.0. The minimum atomic E-state index is -3.73. The fraction of sp³-hybridized carbons (Fsp3) is 0.273. The number of nitrogens with one attached hydrogen (secondary N) is 2. The lowest BCUT2D eigenvalue weighted by Crippen LogP contribution is -2.23. The molecule has 0 bridgehead atoms. The van der Waals surface area contributed by atoms with E-state index in [1.807, 2.05) is 19.0 Å². The van der Waals surface area contributed by atoms with Gasteiger partial charge in [-0.05, 0) is 63.1 Å². The van der Waals surface area contributed by atoms with Gasteiger partial charge in [-0.25, -0.2) is 17.9 Å². The number of nitrogens with zero attached hydrogens (tertiary/aromatic N) is 2. The Hall–Kier alpha value is -3.41. The summed E-state index contributed by atoms with van der Waals surface area (Å²) in [5.74, 6) is -0.685. The van der Waals surface area contributed by atoms with Gasteiger partial charge in [-0.3, -0.25) is 9.36 Å². The quantitative estimate of drug-likeness (QED) is 0.453. The molecule has 3 aromatic rings. The molecule has 2 aromatic carbocycles. The van der Waals surface area contributed by atoms with Crippen LogP contribution >= 0.6 is 0 Å². The van der Waals surface area contributed by atoms with Crippen molar-refractivity contribution < 1.29 is 22.4 Å². The van der Waals surface area contributed by atoms with Gasteiger partial charge in [0.1, 0.15) is 10.6 Å². The van der Waals surface area contributed by atoms with Crippen LogP contribution in [0.5, 0.6) is 5.75 Å². The molecule has 1 heterocycles. The van der Waals surface area contributed by atoms with Gasteiger partial charge in [0.2, 0.25) is 15.9 Å². The van der Waals surface area contributed by atoms with Crippen LogP contribution in [0, 0.1) is 0 Å². The van der Waals surface area contributed by atoms with Crippen LogP contribution in [-0.2, 0) is 21.4 Å². The number of amides is 1. The van der Waals surface area contributed by atoms with Gasteiger partial charge in [0, 0.05) is 24.9 Å². The Bertz CT molecular complexity index is 1350. The van der Waals surface area contributed by atoms with Crippen molar-refractivity contribution in [3.63, 3.8) is 0 Å². The first-order valence-electron chi connectivity index (χ1n) is 10.0. The molecule has 3 rings (SSSR count). The molecule has 0 unspecified atom stereocenters. The second-order valence-electron chi connectivity index (χ2n) is 7.45. The summed E-state index contributed by atoms with van der Waals surface area (Å²) in [4.78, 5) is 26.5. The molecule has 0 fully saturated rings. The minimum Gasteiger partial charge on any atom is -0.495 e. The summed E-state index contributed by atoms with van der Waals surface area (Å²) in [5.41, 5.74) is 2.01. The summed E-state index contributed by atoms with van der Waals surface area (Å²) < 4.78 is 38.5. The summed E-state index contributed by atoms with van der Waals surface area (Å²) in [6.07, 6.45) is 2.78. The van der Waals surface area contributed by atoms with Crippen LogP contribution in [0.1, 0.15) is 5.56 Å². The number of methoxy groups -OCH3 is 1. The lowest BCUT2D eigenvalue weighted by atomic mass is 10.2. The maximum absolute atomic E-state index is 12.4. The average molecular weight is 475 g/mol. The zero-order valence-corrected chi connectivity index (χ0v) is 19.6. The van der Waals surface area contributed by atoms with E-state index in [-0.39, 0.29) is 10.6 Å². The average Bonchev–Trinajstić information content (AvgIpc) is 3.10. The van der Waals surface area contributed by atoms with Gasteiger partial charge >= 0.3 is 5.76 Å². The monoisotopic (exact) mass is 474 g/mol. The lowest BCUT2D eigenvalue weighted by Gasteiger charge is -2.10. The maximum atomic E-state index is 12.4. The number of rotatable bonds is 9. The van der Waals surface area contributed by atoms with Crippen LogP contribution in [0.3, 0.4) is 0 Å². The van der Waals surface area contributed by atoms with Crippen molar-refractivity contribution in [1.29, 1.82) is 0 Å². The van der Waals surface area contributed by atoms with E-state index < -0.39 is 21.7 Å². The van der Waals surface area contributed by atoms with Gasteiger partial charge in [-0.15, -0.1) is 0 Å². The van der Waals surface area contributed by atoms with Gasteiger partial charge in [0.05, 0.1) is 12.6 Å². The van der Waals surface area contributed by atoms with E-state index in [9.17, 15) is 18.0 Å². The van der Waals surface area contributed by atoms with E-state index >= 15 is 0 Å². The topological polar surface area (TPSA) is 123 Å². The van der Waals surface area contributed by atoms with Crippen molar-refractivity contribution in [2.45, 2.75) is 11.4 Å². The number of carbonyl (C=O) groups excluding carboxylic acids is 1. The van der Waals surface area contributed by atoms with Gasteiger partial charge in [-0.2, -0.15) is 0 Å². The molecule has 176 valence electrons. The van der Waals surface area contributed by atoms with E-state index in [2.05, 4.69) is 10.0 Å². The number of oxazole rings is 1. The predicted octanol–water partition coefficient (Wildman–Crippen LogP) is 1.72. The van der Waals surface area contributed by atoms with Crippen LogP contribution in [-0.4, -0.2) is 58.6 Å². The van der Waals surface area contributed by atoms with Gasteiger partial charge in [0.15, 0.2) is 5.58 Å². The van der Waals surface area contributed by atoms with Crippen LogP contribution in [0.2, 0.25) is 0 Å². The highest BCUT2D eigenvalue weighted by Gasteiger charge is 2.17. The molecule has 0 atom stereocenters. The molecule has 0 aliphatic carbocycles. The minimum absolute atomic E-state index is 0.0313. The Kier molecular flexibility index (Phi) is 7.36. The van der Waals surface area contributed by atoms with Crippen LogP contribution in [0.4, 0.5) is 5.69 Å². The van der Waals surface area contributed by atoms with Gasteiger partial charge < -0.3 is 19.4 Å². The number of hydrogen-bond donors (Lipinski definition) is 2. The number of likely N-dealkylation sites (N-methyl/N-ethyl adjacent to an activating group) is 1. The number of carbonyl (C=O) groups is 1. The fourth-order valence-corrected chi connectivity index (χ4v) is 4.05. The Morgan fingerprint density at radius 1 is 1.21 bits per heavy atom. The van der Waals surface area contributed by atoms with E-state index in [0.717, 1.165) is 0 Å². The first-order valence-corrected chi connectivity index (χ1v) is 11.5. The molecule has 0 aliphatic heterocycles. The van der Waals surface area contributed by atoms with Crippen molar-refractivity contribution in [2.24, 2.45) is 0 Å². The number of sulfonamides is 1. The summed E-state index contributed by atoms with van der Waals surface area (Å²) in [5, 5.41) is 2.74. The first-order chi connectivity index (χ1) is 15.6. The second-order valence-corrected chi connectivity index (χ2v) is 9.30. The number of fused-ring (bicyclic) bond motifs is 1. The number of anilines is 1. The number of aromatic nitrogens is 1. The molecule has 1 aromatic heterocycles. The third-order valence-corrected chi connectivity index (χ3v) is 6.31. The van der Waals surface area contributed by atoms with Crippen molar-refractivity contribution >= 4 is 38.8 Å². The molecule has 0 radical (unpaired) electrons. The molecule has 0 saturated carbocycles. The van der Waals surface area contributed by atoms with Gasteiger partial charge in [-0.1, -0.05) is 6.07 Å². The van der Waals surface area contributed by atoms with E-state index in [0.29, 0.717) is 35.4 Å². The smallest absolute Gasteiger partial charge is 0.419 e. The van der Waals surface area contributed by atoms with Crippen molar-refractivity contribution in [1.82, 2.24) is 14.2 Å². The highest BCUT2D eigenvalue weighted by molar-refractivity contribution is 7.89. The third kappa shape index (κ3) is 5.69. The van der Waals surface area contributed by atoms with Crippen LogP contribution in [0.15, 0.2) is 56.6 Å². The standard InChI is InChI=1S/C22H26N4O6S/c1-23-33(29,30)20-13-15(5-8-19(20)31-4)6-10-21(27)24-16-7-9-18-17(14-16)26(22(28)32-18)12-11-25(2)3/h5-10,13-14,23H,11-12H2,1-4H3,(H,24,27)/b10-6+. The Labute approximate surface area is 191 Å². The number of hydrogen-bond acceptors (Lipinski definition) is 7. The zero-order valence-electron chi connectivity index (χ0n) is 18.8. The molecule has 0 saturated heterocycles. The Balaban J connectivity index is 1.80. The third-order valence-electron chi connectivity index (χ3n) is 4.88. The molecule has 11 heteroatoms. The highest BCUT2D eigenvalue weighted by atomic mass is 32.2. The van der Waals surface area contributed by atoms with Crippen molar-refractivity contribution in [3.8, 4) is 5.75 Å². The van der Waals surface area contributed by atoms with Gasteiger partial charge in [0.25, 0.3) is 0 Å². The fourth-order valence-electron chi connectivity index (χ4n) is 3.12.